The first-order valence-electron chi connectivity index (χ1n) is 11.4. The van der Waals surface area contributed by atoms with Crippen LogP contribution in [0, 0.1) is 0 Å². The second-order valence-corrected chi connectivity index (χ2v) is 8.28. The zero-order chi connectivity index (χ0) is 23.9. The predicted molar refractivity (Wildman–Crippen MR) is 127 cm³/mol. The summed E-state index contributed by atoms with van der Waals surface area (Å²) in [7, 11) is 3.09. The second kappa shape index (κ2) is 10.9. The van der Waals surface area contributed by atoms with Crippen LogP contribution in [-0.4, -0.2) is 37.2 Å². The number of rotatable bonds is 8. The Hall–Kier alpha value is -3.81. The van der Waals surface area contributed by atoms with Crippen molar-refractivity contribution in [2.24, 2.45) is 0 Å². The average Bonchev–Trinajstić information content (AvgIpc) is 3.42. The van der Waals surface area contributed by atoms with E-state index < -0.39 is 11.9 Å². The molecule has 4 rings (SSSR count). The molecule has 8 heteroatoms. The number of amides is 2. The Bertz CT molecular complexity index is 1070. The third kappa shape index (κ3) is 5.22. The van der Waals surface area contributed by atoms with Crippen LogP contribution in [0.5, 0.6) is 11.5 Å². The van der Waals surface area contributed by atoms with E-state index in [0.717, 1.165) is 25.7 Å². The van der Waals surface area contributed by atoms with Crippen LogP contribution in [-0.2, 0) is 4.79 Å². The van der Waals surface area contributed by atoms with E-state index in [1.54, 1.807) is 44.6 Å². The molecule has 1 aliphatic carbocycles. The van der Waals surface area contributed by atoms with E-state index in [0.29, 0.717) is 22.7 Å². The molecule has 34 heavy (non-hydrogen) atoms. The number of nitrogens with one attached hydrogen (secondary N) is 1. The van der Waals surface area contributed by atoms with Gasteiger partial charge in [0.15, 0.2) is 0 Å². The summed E-state index contributed by atoms with van der Waals surface area (Å²) < 4.78 is 16.1. The highest BCUT2D eigenvalue weighted by molar-refractivity contribution is 6.08. The summed E-state index contributed by atoms with van der Waals surface area (Å²) in [6, 6.07) is 14.8. The van der Waals surface area contributed by atoms with E-state index in [-0.39, 0.29) is 17.7 Å². The lowest BCUT2D eigenvalue weighted by atomic mass is 9.94. The zero-order valence-corrected chi connectivity index (χ0v) is 19.4. The zero-order valence-electron chi connectivity index (χ0n) is 19.4. The highest BCUT2D eigenvalue weighted by Gasteiger charge is 2.36. The summed E-state index contributed by atoms with van der Waals surface area (Å²) in [5.74, 6) is 0.317. The van der Waals surface area contributed by atoms with Crippen LogP contribution in [0.25, 0.3) is 0 Å². The molecule has 178 valence electrons. The molecule has 0 radical (unpaired) electrons. The number of aromatic nitrogens is 1. The molecule has 1 fully saturated rings. The van der Waals surface area contributed by atoms with E-state index in [9.17, 15) is 9.59 Å². The lowest BCUT2D eigenvalue weighted by Crippen LogP contribution is -2.47. The molecule has 0 spiro atoms. The van der Waals surface area contributed by atoms with Gasteiger partial charge in [0.05, 0.1) is 20.4 Å². The van der Waals surface area contributed by atoms with Gasteiger partial charge in [-0.2, -0.15) is 0 Å². The number of nitrogens with zero attached hydrogens (tertiary/aromatic N) is 2. The van der Waals surface area contributed by atoms with Gasteiger partial charge in [0.25, 0.3) is 5.91 Å². The van der Waals surface area contributed by atoms with Crippen molar-refractivity contribution >= 4 is 17.5 Å². The van der Waals surface area contributed by atoms with Gasteiger partial charge < -0.3 is 19.3 Å². The molecule has 0 unspecified atom stereocenters. The van der Waals surface area contributed by atoms with Crippen LogP contribution in [0.3, 0.4) is 0 Å². The maximum Gasteiger partial charge on any atom is 0.297 e. The monoisotopic (exact) mass is 463 g/mol. The lowest BCUT2D eigenvalue weighted by Gasteiger charge is -2.33. The van der Waals surface area contributed by atoms with Gasteiger partial charge in [0.1, 0.15) is 17.5 Å². The molecular weight excluding hydrogens is 434 g/mol. The fourth-order valence-electron chi connectivity index (χ4n) is 4.35. The summed E-state index contributed by atoms with van der Waals surface area (Å²) >= 11 is 0. The van der Waals surface area contributed by atoms with Crippen LogP contribution in [0.2, 0.25) is 0 Å². The van der Waals surface area contributed by atoms with E-state index in [1.165, 1.54) is 23.6 Å². The Morgan fingerprint density at radius 3 is 2.26 bits per heavy atom. The maximum atomic E-state index is 13.9. The highest BCUT2D eigenvalue weighted by atomic mass is 16.5. The van der Waals surface area contributed by atoms with Crippen molar-refractivity contribution in [3.05, 3.63) is 72.1 Å². The minimum absolute atomic E-state index is 0.0363. The molecule has 0 saturated heterocycles. The topological polar surface area (TPSA) is 93.9 Å². The minimum atomic E-state index is -0.995. The summed E-state index contributed by atoms with van der Waals surface area (Å²) in [5.41, 5.74) is 1.11. The number of carbonyl (C=O) groups is 2. The van der Waals surface area contributed by atoms with Crippen LogP contribution in [0.4, 0.5) is 5.69 Å². The van der Waals surface area contributed by atoms with Crippen molar-refractivity contribution in [1.82, 2.24) is 10.5 Å². The fraction of sp³-hybridized carbons (Fsp3) is 0.346. The Morgan fingerprint density at radius 1 is 1.00 bits per heavy atom. The Kier molecular flexibility index (Phi) is 7.47. The number of para-hydroxylation sites is 1. The number of ether oxygens (including phenoxy) is 2. The molecule has 1 N–H and O–H groups in total. The van der Waals surface area contributed by atoms with Gasteiger partial charge in [-0.1, -0.05) is 42.6 Å². The summed E-state index contributed by atoms with van der Waals surface area (Å²) in [6.45, 7) is 0. The van der Waals surface area contributed by atoms with E-state index in [4.69, 9.17) is 14.0 Å². The first-order chi connectivity index (χ1) is 16.6. The highest BCUT2D eigenvalue weighted by Crippen LogP contribution is 2.34. The van der Waals surface area contributed by atoms with Crippen molar-refractivity contribution in [3.8, 4) is 11.5 Å². The summed E-state index contributed by atoms with van der Waals surface area (Å²) in [5, 5.41) is 6.86. The molecule has 0 bridgehead atoms. The second-order valence-electron chi connectivity index (χ2n) is 8.28. The maximum absolute atomic E-state index is 13.9. The molecule has 1 atom stereocenters. The number of benzene rings is 2. The van der Waals surface area contributed by atoms with Crippen LogP contribution in [0.1, 0.15) is 54.3 Å². The molecule has 0 aliphatic heterocycles. The van der Waals surface area contributed by atoms with E-state index in [2.05, 4.69) is 10.5 Å². The van der Waals surface area contributed by atoms with Gasteiger partial charge in [-0.25, -0.2) is 0 Å². The van der Waals surface area contributed by atoms with Gasteiger partial charge in [0.2, 0.25) is 11.7 Å². The number of hydrogen-bond acceptors (Lipinski definition) is 6. The van der Waals surface area contributed by atoms with Gasteiger partial charge in [-0.3, -0.25) is 14.5 Å². The van der Waals surface area contributed by atoms with Gasteiger partial charge in [-0.05, 0) is 42.7 Å². The van der Waals surface area contributed by atoms with Crippen molar-refractivity contribution in [1.29, 1.82) is 0 Å². The first kappa shape index (κ1) is 23.4. The van der Waals surface area contributed by atoms with Crippen molar-refractivity contribution in [2.45, 2.75) is 44.2 Å². The molecular formula is C26H29N3O5. The quantitative estimate of drug-likeness (QED) is 0.528. The average molecular weight is 464 g/mol. The fourth-order valence-corrected chi connectivity index (χ4v) is 4.35. The largest absolute Gasteiger partial charge is 0.497 e. The summed E-state index contributed by atoms with van der Waals surface area (Å²) in [6.07, 6.45) is 6.55. The molecule has 2 aromatic carbocycles. The Labute approximate surface area is 198 Å². The molecule has 1 aliphatic rings. The predicted octanol–water partition coefficient (Wildman–Crippen LogP) is 4.53. The van der Waals surface area contributed by atoms with Crippen molar-refractivity contribution in [2.75, 3.05) is 19.1 Å². The number of methoxy groups -OCH3 is 2. The molecule has 1 aromatic heterocycles. The number of anilines is 1. The summed E-state index contributed by atoms with van der Waals surface area (Å²) in [4.78, 5) is 29.0. The third-order valence-electron chi connectivity index (χ3n) is 6.05. The van der Waals surface area contributed by atoms with Gasteiger partial charge in [-0.15, -0.1) is 0 Å². The minimum Gasteiger partial charge on any atom is -0.497 e. The molecule has 1 heterocycles. The normalized spacial score (nSPS) is 14.8. The first-order valence-corrected chi connectivity index (χ1v) is 11.4. The third-order valence-corrected chi connectivity index (χ3v) is 6.05. The van der Waals surface area contributed by atoms with Crippen LogP contribution in [0.15, 0.2) is 65.3 Å². The van der Waals surface area contributed by atoms with Crippen molar-refractivity contribution < 1.29 is 23.6 Å². The smallest absolute Gasteiger partial charge is 0.297 e. The van der Waals surface area contributed by atoms with Gasteiger partial charge in [0, 0.05) is 23.9 Å². The molecule has 1 saturated carbocycles. The molecule has 8 nitrogen and oxygen atoms in total. The Balaban J connectivity index is 1.83. The van der Waals surface area contributed by atoms with E-state index in [1.807, 2.05) is 18.2 Å². The number of hydrogen-bond donors (Lipinski definition) is 1. The standard InChI is InChI=1S/C26H29N3O5/c1-32-21-15-18(16-22(17-21)33-2)24(25(30)28-19-9-5-3-6-10-19)29(20-11-7-4-8-12-20)26(31)23-13-14-27-34-23/h4,7-8,11-17,19,24H,3,5-6,9-10H2,1-2H3,(H,28,30)/t24-/m0/s1. The SMILES string of the molecule is COc1cc(OC)cc([C@@H](C(=O)NC2CCCCC2)N(C(=O)c2ccno2)c2ccccc2)c1. The van der Waals surface area contributed by atoms with Gasteiger partial charge >= 0.3 is 0 Å². The van der Waals surface area contributed by atoms with E-state index >= 15 is 0 Å². The lowest BCUT2D eigenvalue weighted by molar-refractivity contribution is -0.123. The Morgan fingerprint density at radius 2 is 1.68 bits per heavy atom. The molecule has 2 amide bonds. The molecule has 3 aromatic rings. The van der Waals surface area contributed by atoms with Crippen LogP contribution < -0.4 is 19.7 Å². The number of carbonyl (C=O) groups excluding carboxylic acids is 2. The van der Waals surface area contributed by atoms with Crippen LogP contribution >= 0.6 is 0 Å². The van der Waals surface area contributed by atoms with Crippen molar-refractivity contribution in [3.63, 3.8) is 0 Å².